The number of hydrogen-bond acceptors (Lipinski definition) is 4. The second kappa shape index (κ2) is 6.70. The van der Waals surface area contributed by atoms with Crippen LogP contribution in [0.2, 0.25) is 5.02 Å². The standard InChI is InChI=1S/C14H17ClN2O3/c1-20-14(19)10-4-2-3-5-11(10)17-13(18)12-7-6-9(15)8-16-12/h6-8,10-11H,2-5H2,1H3,(H,17,18). The van der Waals surface area contributed by atoms with Crippen molar-refractivity contribution in [3.05, 3.63) is 29.0 Å². The Kier molecular flexibility index (Phi) is 4.95. The van der Waals surface area contributed by atoms with Crippen molar-refractivity contribution < 1.29 is 14.3 Å². The van der Waals surface area contributed by atoms with Crippen molar-refractivity contribution in [3.8, 4) is 0 Å². The molecule has 0 aliphatic heterocycles. The molecule has 0 aromatic carbocycles. The lowest BCUT2D eigenvalue weighted by Gasteiger charge is -2.30. The number of ether oxygens (including phenoxy) is 1. The summed E-state index contributed by atoms with van der Waals surface area (Å²) < 4.78 is 4.80. The largest absolute Gasteiger partial charge is 0.469 e. The maximum Gasteiger partial charge on any atom is 0.310 e. The van der Waals surface area contributed by atoms with Crippen molar-refractivity contribution in [2.45, 2.75) is 31.7 Å². The molecule has 0 bridgehead atoms. The first-order valence-corrected chi connectivity index (χ1v) is 7.00. The van der Waals surface area contributed by atoms with E-state index in [0.29, 0.717) is 10.7 Å². The summed E-state index contributed by atoms with van der Waals surface area (Å²) in [6.45, 7) is 0. The van der Waals surface area contributed by atoms with Crippen LogP contribution in [0.15, 0.2) is 18.3 Å². The van der Waals surface area contributed by atoms with Crippen LogP contribution in [0.1, 0.15) is 36.2 Å². The molecule has 2 atom stereocenters. The van der Waals surface area contributed by atoms with Crippen molar-refractivity contribution in [2.24, 2.45) is 5.92 Å². The number of nitrogens with zero attached hydrogens (tertiary/aromatic N) is 1. The van der Waals surface area contributed by atoms with E-state index in [4.69, 9.17) is 16.3 Å². The zero-order valence-electron chi connectivity index (χ0n) is 11.3. The summed E-state index contributed by atoms with van der Waals surface area (Å²) in [7, 11) is 1.37. The molecule has 1 aromatic heterocycles. The van der Waals surface area contributed by atoms with Crippen LogP contribution in [0.4, 0.5) is 0 Å². The molecule has 1 aliphatic rings. The molecule has 0 radical (unpaired) electrons. The summed E-state index contributed by atoms with van der Waals surface area (Å²) in [6, 6.07) is 2.98. The van der Waals surface area contributed by atoms with Gasteiger partial charge in [-0.3, -0.25) is 9.59 Å². The van der Waals surface area contributed by atoms with Crippen molar-refractivity contribution >= 4 is 23.5 Å². The SMILES string of the molecule is COC(=O)C1CCCCC1NC(=O)c1ccc(Cl)cn1. The van der Waals surface area contributed by atoms with E-state index in [1.54, 1.807) is 12.1 Å². The maximum absolute atomic E-state index is 12.1. The number of carbonyl (C=O) groups excluding carboxylic acids is 2. The molecule has 1 N–H and O–H groups in total. The molecular formula is C14H17ClN2O3. The normalized spacial score (nSPS) is 22.1. The highest BCUT2D eigenvalue weighted by atomic mass is 35.5. The Bertz CT molecular complexity index is 490. The number of hydrogen-bond donors (Lipinski definition) is 1. The summed E-state index contributed by atoms with van der Waals surface area (Å²) in [4.78, 5) is 27.8. The van der Waals surface area contributed by atoms with Gasteiger partial charge in [-0.2, -0.15) is 0 Å². The fourth-order valence-corrected chi connectivity index (χ4v) is 2.60. The van der Waals surface area contributed by atoms with Crippen LogP contribution >= 0.6 is 11.6 Å². The minimum Gasteiger partial charge on any atom is -0.469 e. The third kappa shape index (κ3) is 3.48. The molecule has 1 aliphatic carbocycles. The van der Waals surface area contributed by atoms with E-state index in [1.165, 1.54) is 13.3 Å². The highest BCUT2D eigenvalue weighted by Crippen LogP contribution is 2.25. The number of pyridine rings is 1. The number of nitrogens with one attached hydrogen (secondary N) is 1. The fourth-order valence-electron chi connectivity index (χ4n) is 2.49. The zero-order valence-corrected chi connectivity index (χ0v) is 12.0. The van der Waals surface area contributed by atoms with Gasteiger partial charge in [0.1, 0.15) is 5.69 Å². The first-order chi connectivity index (χ1) is 9.61. The summed E-state index contributed by atoms with van der Waals surface area (Å²) >= 11 is 5.74. The molecule has 1 heterocycles. The lowest BCUT2D eigenvalue weighted by atomic mass is 9.84. The van der Waals surface area contributed by atoms with Gasteiger partial charge in [0.25, 0.3) is 5.91 Å². The van der Waals surface area contributed by atoms with Crippen molar-refractivity contribution in [2.75, 3.05) is 7.11 Å². The molecule has 0 saturated heterocycles. The summed E-state index contributed by atoms with van der Waals surface area (Å²) in [5.41, 5.74) is 0.295. The van der Waals surface area contributed by atoms with Gasteiger partial charge < -0.3 is 10.1 Å². The second-order valence-corrected chi connectivity index (χ2v) is 5.29. The van der Waals surface area contributed by atoms with E-state index >= 15 is 0 Å². The average Bonchev–Trinajstić information content (AvgIpc) is 2.47. The van der Waals surface area contributed by atoms with Crippen LogP contribution in [-0.4, -0.2) is 30.0 Å². The van der Waals surface area contributed by atoms with Crippen molar-refractivity contribution in [1.29, 1.82) is 0 Å². The summed E-state index contributed by atoms with van der Waals surface area (Å²) in [6.07, 6.45) is 4.91. The van der Waals surface area contributed by atoms with Crippen LogP contribution < -0.4 is 5.32 Å². The van der Waals surface area contributed by atoms with Gasteiger partial charge in [-0.15, -0.1) is 0 Å². The van der Waals surface area contributed by atoms with Gasteiger partial charge in [-0.1, -0.05) is 24.4 Å². The number of carbonyl (C=O) groups is 2. The van der Waals surface area contributed by atoms with Crippen molar-refractivity contribution in [1.82, 2.24) is 10.3 Å². The predicted octanol–water partition coefficient (Wildman–Crippen LogP) is 2.20. The number of rotatable bonds is 3. The molecule has 1 saturated carbocycles. The van der Waals surface area contributed by atoms with E-state index in [0.717, 1.165) is 25.7 Å². The van der Waals surface area contributed by atoms with Gasteiger partial charge in [-0.05, 0) is 25.0 Å². The van der Waals surface area contributed by atoms with Crippen LogP contribution in [0, 0.1) is 5.92 Å². The molecule has 1 fully saturated rings. The van der Waals surface area contributed by atoms with E-state index in [1.807, 2.05) is 0 Å². The molecule has 1 aromatic rings. The number of amides is 1. The third-order valence-corrected chi connectivity index (χ3v) is 3.77. The minimum absolute atomic E-state index is 0.193. The number of methoxy groups -OCH3 is 1. The third-order valence-electron chi connectivity index (χ3n) is 3.55. The van der Waals surface area contributed by atoms with Gasteiger partial charge in [0.15, 0.2) is 0 Å². The number of esters is 1. The molecule has 0 spiro atoms. The fraction of sp³-hybridized carbons (Fsp3) is 0.500. The van der Waals surface area contributed by atoms with Gasteiger partial charge in [0.2, 0.25) is 0 Å². The van der Waals surface area contributed by atoms with Gasteiger partial charge in [-0.25, -0.2) is 4.98 Å². The molecule has 108 valence electrons. The number of halogens is 1. The van der Waals surface area contributed by atoms with Crippen LogP contribution in [0.25, 0.3) is 0 Å². The monoisotopic (exact) mass is 296 g/mol. The average molecular weight is 297 g/mol. The predicted molar refractivity (Wildman–Crippen MR) is 74.5 cm³/mol. The Hall–Kier alpha value is -1.62. The van der Waals surface area contributed by atoms with Crippen molar-refractivity contribution in [3.63, 3.8) is 0 Å². The Labute approximate surface area is 122 Å². The molecule has 20 heavy (non-hydrogen) atoms. The molecule has 5 nitrogen and oxygen atoms in total. The Balaban J connectivity index is 2.04. The molecule has 2 unspecified atom stereocenters. The van der Waals surface area contributed by atoms with Crippen LogP contribution in [-0.2, 0) is 9.53 Å². The lowest BCUT2D eigenvalue weighted by molar-refractivity contribution is -0.147. The van der Waals surface area contributed by atoms with E-state index in [-0.39, 0.29) is 23.8 Å². The first kappa shape index (κ1) is 14.8. The van der Waals surface area contributed by atoms with Gasteiger partial charge in [0.05, 0.1) is 18.1 Å². The second-order valence-electron chi connectivity index (χ2n) is 4.86. The van der Waals surface area contributed by atoms with E-state index < -0.39 is 0 Å². The highest BCUT2D eigenvalue weighted by Gasteiger charge is 2.33. The first-order valence-electron chi connectivity index (χ1n) is 6.62. The van der Waals surface area contributed by atoms with E-state index in [9.17, 15) is 9.59 Å². The quantitative estimate of drug-likeness (QED) is 0.868. The number of aromatic nitrogens is 1. The Morgan fingerprint density at radius 1 is 1.35 bits per heavy atom. The molecule has 2 rings (SSSR count). The smallest absolute Gasteiger partial charge is 0.310 e. The summed E-state index contributed by atoms with van der Waals surface area (Å²) in [5, 5.41) is 3.35. The minimum atomic E-state index is -0.289. The topological polar surface area (TPSA) is 68.3 Å². The molecule has 1 amide bonds. The Morgan fingerprint density at radius 2 is 2.10 bits per heavy atom. The van der Waals surface area contributed by atoms with Crippen LogP contribution in [0.3, 0.4) is 0 Å². The van der Waals surface area contributed by atoms with Gasteiger partial charge >= 0.3 is 5.97 Å². The van der Waals surface area contributed by atoms with E-state index in [2.05, 4.69) is 10.3 Å². The Morgan fingerprint density at radius 3 is 2.75 bits per heavy atom. The molecule has 6 heteroatoms. The van der Waals surface area contributed by atoms with Crippen LogP contribution in [0.5, 0.6) is 0 Å². The maximum atomic E-state index is 12.1. The zero-order chi connectivity index (χ0) is 14.5. The molecular weight excluding hydrogens is 280 g/mol. The summed E-state index contributed by atoms with van der Waals surface area (Å²) in [5.74, 6) is -0.827. The van der Waals surface area contributed by atoms with Gasteiger partial charge in [0, 0.05) is 12.2 Å². The lowest BCUT2D eigenvalue weighted by Crippen LogP contribution is -2.45. The highest BCUT2D eigenvalue weighted by molar-refractivity contribution is 6.30.